The highest BCUT2D eigenvalue weighted by molar-refractivity contribution is 7.92. The van der Waals surface area contributed by atoms with Crippen molar-refractivity contribution in [2.45, 2.75) is 52.7 Å². The van der Waals surface area contributed by atoms with E-state index in [1.165, 1.54) is 23.1 Å². The molecule has 0 saturated carbocycles. The van der Waals surface area contributed by atoms with Crippen LogP contribution >= 0.6 is 23.2 Å². The van der Waals surface area contributed by atoms with E-state index in [0.717, 1.165) is 21.7 Å². The molecule has 2 aromatic rings. The van der Waals surface area contributed by atoms with Gasteiger partial charge in [0.1, 0.15) is 12.6 Å². The lowest BCUT2D eigenvalue weighted by atomic mass is 10.1. The number of nitrogens with zero attached hydrogens (tertiary/aromatic N) is 2. The Morgan fingerprint density at radius 1 is 1.03 bits per heavy atom. The van der Waals surface area contributed by atoms with Crippen LogP contribution in [-0.2, 0) is 26.2 Å². The number of aryl methyl sites for hydroxylation is 1. The number of halogens is 2. The van der Waals surface area contributed by atoms with Crippen molar-refractivity contribution in [1.29, 1.82) is 0 Å². The minimum atomic E-state index is -3.87. The van der Waals surface area contributed by atoms with Crippen molar-refractivity contribution < 1.29 is 18.0 Å². The number of hydrogen-bond acceptors (Lipinski definition) is 4. The smallest absolute Gasteiger partial charge is 0.244 e. The number of carbonyl (C=O) groups excluding carboxylic acids is 2. The molecule has 0 aliphatic carbocycles. The van der Waals surface area contributed by atoms with Gasteiger partial charge >= 0.3 is 0 Å². The molecule has 0 radical (unpaired) electrons. The van der Waals surface area contributed by atoms with Crippen molar-refractivity contribution >= 4 is 50.7 Å². The third-order valence-electron chi connectivity index (χ3n) is 4.95. The van der Waals surface area contributed by atoms with Crippen LogP contribution in [0.5, 0.6) is 0 Å². The van der Waals surface area contributed by atoms with Gasteiger partial charge in [0.15, 0.2) is 0 Å². The zero-order valence-electron chi connectivity index (χ0n) is 20.2. The molecule has 2 aromatic carbocycles. The second-order valence-electron chi connectivity index (χ2n) is 9.32. The highest BCUT2D eigenvalue weighted by Crippen LogP contribution is 2.27. The van der Waals surface area contributed by atoms with Crippen molar-refractivity contribution in [3.05, 3.63) is 63.6 Å². The summed E-state index contributed by atoms with van der Waals surface area (Å²) < 4.78 is 26.1. The maximum absolute atomic E-state index is 13.5. The fourth-order valence-electron chi connectivity index (χ4n) is 3.24. The molecule has 0 heterocycles. The molecule has 2 rings (SSSR count). The van der Waals surface area contributed by atoms with Crippen LogP contribution in [0.25, 0.3) is 0 Å². The van der Waals surface area contributed by atoms with Crippen molar-refractivity contribution in [1.82, 2.24) is 10.2 Å². The van der Waals surface area contributed by atoms with E-state index in [-0.39, 0.29) is 28.2 Å². The molecule has 0 fully saturated rings. The standard InChI is InChI=1S/C24H31Cl2N3O4S/c1-16-7-9-18(10-8-16)14-28(17(2)23(31)27-24(3,4)5)22(30)15-29(34(6,32)33)21-12-19(25)11-20(26)13-21/h7-13,17H,14-15H2,1-6H3,(H,27,31)/t17-/m0/s1. The molecule has 0 spiro atoms. The number of nitrogens with one attached hydrogen (secondary N) is 1. The monoisotopic (exact) mass is 527 g/mol. The van der Waals surface area contributed by atoms with Gasteiger partial charge < -0.3 is 10.2 Å². The average Bonchev–Trinajstić information content (AvgIpc) is 2.68. The summed E-state index contributed by atoms with van der Waals surface area (Å²) in [5, 5.41) is 3.35. The van der Waals surface area contributed by atoms with Gasteiger partial charge in [-0.25, -0.2) is 8.42 Å². The van der Waals surface area contributed by atoms with E-state index < -0.39 is 34.1 Å². The van der Waals surface area contributed by atoms with Gasteiger partial charge in [0.05, 0.1) is 11.9 Å². The fraction of sp³-hybridized carbons (Fsp3) is 0.417. The minimum absolute atomic E-state index is 0.131. The highest BCUT2D eigenvalue weighted by atomic mass is 35.5. The van der Waals surface area contributed by atoms with Crippen LogP contribution in [0.4, 0.5) is 5.69 Å². The number of anilines is 1. The highest BCUT2D eigenvalue weighted by Gasteiger charge is 2.31. The van der Waals surface area contributed by atoms with E-state index in [4.69, 9.17) is 23.2 Å². The average molecular weight is 529 g/mol. The van der Waals surface area contributed by atoms with E-state index in [9.17, 15) is 18.0 Å². The van der Waals surface area contributed by atoms with Gasteiger partial charge in [0, 0.05) is 22.1 Å². The van der Waals surface area contributed by atoms with E-state index >= 15 is 0 Å². The summed E-state index contributed by atoms with van der Waals surface area (Å²) >= 11 is 12.1. The van der Waals surface area contributed by atoms with Crippen molar-refractivity contribution in [3.8, 4) is 0 Å². The number of sulfonamides is 1. The second-order valence-corrected chi connectivity index (χ2v) is 12.1. The number of rotatable bonds is 8. The zero-order chi connectivity index (χ0) is 25.8. The van der Waals surface area contributed by atoms with Crippen LogP contribution in [0.2, 0.25) is 10.0 Å². The summed E-state index contributed by atoms with van der Waals surface area (Å²) in [6, 6.07) is 11.0. The molecule has 0 aromatic heterocycles. The Morgan fingerprint density at radius 2 is 1.56 bits per heavy atom. The molecular formula is C24H31Cl2N3O4S. The molecule has 0 saturated heterocycles. The van der Waals surface area contributed by atoms with Crippen LogP contribution in [-0.4, -0.2) is 49.5 Å². The van der Waals surface area contributed by atoms with Gasteiger partial charge in [0.25, 0.3) is 0 Å². The summed E-state index contributed by atoms with van der Waals surface area (Å²) in [6.45, 7) is 8.72. The van der Waals surface area contributed by atoms with Crippen LogP contribution in [0.3, 0.4) is 0 Å². The molecule has 7 nitrogen and oxygen atoms in total. The summed E-state index contributed by atoms with van der Waals surface area (Å²) in [5.74, 6) is -0.886. The summed E-state index contributed by atoms with van der Waals surface area (Å²) in [5.41, 5.74) is 1.53. The van der Waals surface area contributed by atoms with Crippen molar-refractivity contribution in [2.75, 3.05) is 17.1 Å². The van der Waals surface area contributed by atoms with Gasteiger partial charge in [-0.3, -0.25) is 13.9 Å². The molecular weight excluding hydrogens is 497 g/mol. The molecule has 1 N–H and O–H groups in total. The number of hydrogen-bond donors (Lipinski definition) is 1. The number of amides is 2. The molecule has 1 atom stereocenters. The maximum atomic E-state index is 13.5. The lowest BCUT2D eigenvalue weighted by Gasteiger charge is -2.33. The summed E-state index contributed by atoms with van der Waals surface area (Å²) in [6.07, 6.45) is 0.995. The fourth-order valence-corrected chi connectivity index (χ4v) is 4.59. The molecule has 0 aliphatic rings. The SMILES string of the molecule is Cc1ccc(CN(C(=O)CN(c2cc(Cl)cc(Cl)c2)S(C)(=O)=O)[C@@H](C)C(=O)NC(C)(C)C)cc1. The normalized spacial score (nSPS) is 12.7. The molecule has 34 heavy (non-hydrogen) atoms. The van der Waals surface area contributed by atoms with Gasteiger partial charge in [-0.15, -0.1) is 0 Å². The van der Waals surface area contributed by atoms with Crippen LogP contribution in [0.1, 0.15) is 38.8 Å². The minimum Gasteiger partial charge on any atom is -0.350 e. The Morgan fingerprint density at radius 3 is 2.03 bits per heavy atom. The van der Waals surface area contributed by atoms with Crippen molar-refractivity contribution in [2.24, 2.45) is 0 Å². The van der Waals surface area contributed by atoms with E-state index in [1.54, 1.807) is 6.92 Å². The van der Waals surface area contributed by atoms with Crippen LogP contribution in [0, 0.1) is 6.92 Å². The Kier molecular flexibility index (Phi) is 9.02. The van der Waals surface area contributed by atoms with E-state index in [2.05, 4.69) is 5.32 Å². The third kappa shape index (κ3) is 8.18. The lowest BCUT2D eigenvalue weighted by molar-refractivity contribution is -0.140. The van der Waals surface area contributed by atoms with Gasteiger partial charge in [0.2, 0.25) is 21.8 Å². The number of carbonyl (C=O) groups is 2. The maximum Gasteiger partial charge on any atom is 0.244 e. The van der Waals surface area contributed by atoms with E-state index in [0.29, 0.717) is 0 Å². The molecule has 186 valence electrons. The molecule has 0 bridgehead atoms. The Hall–Kier alpha value is -2.29. The first-order chi connectivity index (χ1) is 15.6. The van der Waals surface area contributed by atoms with E-state index in [1.807, 2.05) is 52.0 Å². The largest absolute Gasteiger partial charge is 0.350 e. The first-order valence-corrected chi connectivity index (χ1v) is 13.3. The molecule has 10 heteroatoms. The Balaban J connectivity index is 2.43. The first kappa shape index (κ1) is 28.0. The topological polar surface area (TPSA) is 86.8 Å². The lowest BCUT2D eigenvalue weighted by Crippen LogP contribution is -2.54. The Labute approximate surface area is 212 Å². The van der Waals surface area contributed by atoms with Crippen LogP contribution in [0.15, 0.2) is 42.5 Å². The number of benzene rings is 2. The predicted molar refractivity (Wildman–Crippen MR) is 138 cm³/mol. The molecule has 0 unspecified atom stereocenters. The van der Waals surface area contributed by atoms with Gasteiger partial charge in [-0.05, 0) is 58.4 Å². The summed E-state index contributed by atoms with van der Waals surface area (Å²) in [7, 11) is -3.87. The quantitative estimate of drug-likeness (QED) is 0.551. The van der Waals surface area contributed by atoms with Gasteiger partial charge in [-0.1, -0.05) is 53.0 Å². The Bertz CT molecular complexity index is 1130. The molecule has 2 amide bonds. The first-order valence-electron chi connectivity index (χ1n) is 10.7. The zero-order valence-corrected chi connectivity index (χ0v) is 22.6. The van der Waals surface area contributed by atoms with Crippen LogP contribution < -0.4 is 9.62 Å². The summed E-state index contributed by atoms with van der Waals surface area (Å²) in [4.78, 5) is 27.8. The van der Waals surface area contributed by atoms with Crippen molar-refractivity contribution in [3.63, 3.8) is 0 Å². The van der Waals surface area contributed by atoms with Gasteiger partial charge in [-0.2, -0.15) is 0 Å². The third-order valence-corrected chi connectivity index (χ3v) is 6.53. The molecule has 0 aliphatic heterocycles. The predicted octanol–water partition coefficient (Wildman–Crippen LogP) is 4.40. The second kappa shape index (κ2) is 11.0.